The third-order valence-corrected chi connectivity index (χ3v) is 7.53. The van der Waals surface area contributed by atoms with Gasteiger partial charge in [-0.25, -0.2) is 13.1 Å². The molecule has 4 nitrogen and oxygen atoms in total. The third-order valence-electron chi connectivity index (χ3n) is 4.51. The molecule has 0 bridgehead atoms. The minimum atomic E-state index is -3.57. The lowest BCUT2D eigenvalue weighted by Gasteiger charge is -2.27. The maximum Gasteiger partial charge on any atom is 0.242 e. The minimum Gasteiger partial charge on any atom is -0.398 e. The fourth-order valence-electron chi connectivity index (χ4n) is 2.94. The topological polar surface area (TPSA) is 72.2 Å². The Morgan fingerprint density at radius 1 is 1.29 bits per heavy atom. The molecule has 1 fully saturated rings. The van der Waals surface area contributed by atoms with E-state index in [1.54, 1.807) is 24.8 Å². The van der Waals surface area contributed by atoms with Crippen LogP contribution in [0.1, 0.15) is 36.8 Å². The molecule has 0 unspecified atom stereocenters. The number of hydrogen-bond donors (Lipinski definition) is 2. The van der Waals surface area contributed by atoms with Crippen LogP contribution in [0.3, 0.4) is 0 Å². The molecule has 0 spiro atoms. The highest BCUT2D eigenvalue weighted by Crippen LogP contribution is 2.40. The molecule has 2 rings (SSSR count). The summed E-state index contributed by atoms with van der Waals surface area (Å²) >= 11 is 1.77. The van der Waals surface area contributed by atoms with E-state index in [9.17, 15) is 8.42 Å². The molecule has 0 heterocycles. The molecule has 0 atom stereocenters. The van der Waals surface area contributed by atoms with E-state index < -0.39 is 10.0 Å². The number of nitrogens with two attached hydrogens (primary N) is 1. The van der Waals surface area contributed by atoms with Gasteiger partial charge in [0.2, 0.25) is 10.0 Å². The third kappa shape index (κ3) is 3.38. The molecule has 0 amide bonds. The zero-order valence-electron chi connectivity index (χ0n) is 12.9. The lowest BCUT2D eigenvalue weighted by Crippen LogP contribution is -2.38. The number of thioether (sulfide) groups is 1. The predicted molar refractivity (Wildman–Crippen MR) is 90.2 cm³/mol. The van der Waals surface area contributed by atoms with Crippen LogP contribution in [0.25, 0.3) is 0 Å². The maximum atomic E-state index is 12.6. The first-order valence-electron chi connectivity index (χ1n) is 7.22. The molecule has 21 heavy (non-hydrogen) atoms. The van der Waals surface area contributed by atoms with E-state index in [1.165, 1.54) is 12.8 Å². The summed E-state index contributed by atoms with van der Waals surface area (Å²) < 4.78 is 28.1. The number of nitrogen functional groups attached to an aromatic ring is 1. The largest absolute Gasteiger partial charge is 0.398 e. The van der Waals surface area contributed by atoms with Crippen molar-refractivity contribution in [3.8, 4) is 0 Å². The first-order valence-corrected chi connectivity index (χ1v) is 9.93. The Labute approximate surface area is 131 Å². The van der Waals surface area contributed by atoms with Gasteiger partial charge in [-0.1, -0.05) is 18.9 Å². The quantitative estimate of drug-likeness (QED) is 0.815. The number of hydrogen-bond acceptors (Lipinski definition) is 4. The summed E-state index contributed by atoms with van der Waals surface area (Å²) in [6.07, 6.45) is 6.55. The van der Waals surface area contributed by atoms with Gasteiger partial charge in [0.05, 0.1) is 5.69 Å². The van der Waals surface area contributed by atoms with Gasteiger partial charge >= 0.3 is 0 Å². The molecule has 1 aromatic rings. The van der Waals surface area contributed by atoms with Gasteiger partial charge in [0, 0.05) is 11.3 Å². The van der Waals surface area contributed by atoms with Crippen molar-refractivity contribution in [1.29, 1.82) is 0 Å². The lowest BCUT2D eigenvalue weighted by molar-refractivity contribution is 0.551. The molecule has 0 radical (unpaired) electrons. The van der Waals surface area contributed by atoms with Gasteiger partial charge in [0.25, 0.3) is 0 Å². The summed E-state index contributed by atoms with van der Waals surface area (Å²) in [7, 11) is -3.57. The molecular formula is C15H24N2O2S2. The van der Waals surface area contributed by atoms with Crippen LogP contribution in [0.15, 0.2) is 17.0 Å². The van der Waals surface area contributed by atoms with Gasteiger partial charge in [-0.3, -0.25) is 0 Å². The number of sulfonamides is 1. The van der Waals surface area contributed by atoms with Crippen molar-refractivity contribution in [2.45, 2.75) is 49.2 Å². The fourth-order valence-corrected chi connectivity index (χ4v) is 5.50. The summed E-state index contributed by atoms with van der Waals surface area (Å²) in [6, 6.07) is 3.51. The van der Waals surface area contributed by atoms with Crippen LogP contribution in [0.2, 0.25) is 0 Å². The monoisotopic (exact) mass is 328 g/mol. The highest BCUT2D eigenvalue weighted by atomic mass is 32.2. The Balaban J connectivity index is 2.25. The lowest BCUT2D eigenvalue weighted by atomic mass is 10.1. The SMILES string of the molecule is CSC1(CNS(=O)(=O)c2c(N)ccc(C)c2C)CCCC1. The van der Waals surface area contributed by atoms with E-state index in [2.05, 4.69) is 11.0 Å². The average Bonchev–Trinajstić information content (AvgIpc) is 2.91. The second-order valence-corrected chi connectivity index (χ2v) is 8.82. The number of aryl methyl sites for hydroxylation is 1. The van der Waals surface area contributed by atoms with Crippen LogP contribution >= 0.6 is 11.8 Å². The van der Waals surface area contributed by atoms with Crippen molar-refractivity contribution in [2.75, 3.05) is 18.5 Å². The van der Waals surface area contributed by atoms with Gasteiger partial charge in [0.15, 0.2) is 0 Å². The molecule has 1 saturated carbocycles. The Morgan fingerprint density at radius 2 is 1.90 bits per heavy atom. The maximum absolute atomic E-state index is 12.6. The highest BCUT2D eigenvalue weighted by molar-refractivity contribution is 8.00. The fraction of sp³-hybridized carbons (Fsp3) is 0.600. The second-order valence-electron chi connectivity index (χ2n) is 5.84. The Bertz CT molecular complexity index is 621. The summed E-state index contributed by atoms with van der Waals surface area (Å²) in [4.78, 5) is 0.233. The van der Waals surface area contributed by atoms with Crippen molar-refractivity contribution in [3.63, 3.8) is 0 Å². The molecular weight excluding hydrogens is 304 g/mol. The molecule has 0 saturated heterocycles. The van der Waals surface area contributed by atoms with Gasteiger partial charge in [-0.05, 0) is 50.1 Å². The molecule has 118 valence electrons. The Kier molecular flexibility index (Phi) is 4.90. The van der Waals surface area contributed by atoms with Crippen molar-refractivity contribution in [3.05, 3.63) is 23.3 Å². The molecule has 1 aromatic carbocycles. The summed E-state index contributed by atoms with van der Waals surface area (Å²) in [5, 5.41) is 0. The Hall–Kier alpha value is -0.720. The average molecular weight is 329 g/mol. The number of benzene rings is 1. The molecule has 0 aliphatic heterocycles. The summed E-state index contributed by atoms with van der Waals surface area (Å²) in [5.41, 5.74) is 7.88. The van der Waals surface area contributed by atoms with Crippen LogP contribution in [0, 0.1) is 13.8 Å². The van der Waals surface area contributed by atoms with Crippen LogP contribution in [0.5, 0.6) is 0 Å². The number of rotatable bonds is 5. The van der Waals surface area contributed by atoms with Crippen LogP contribution in [-0.4, -0.2) is 26.0 Å². The van der Waals surface area contributed by atoms with E-state index in [1.807, 2.05) is 13.0 Å². The molecule has 1 aliphatic carbocycles. The van der Waals surface area contributed by atoms with Crippen LogP contribution < -0.4 is 10.5 Å². The first kappa shape index (κ1) is 16.6. The van der Waals surface area contributed by atoms with Crippen molar-refractivity contribution < 1.29 is 8.42 Å². The van der Waals surface area contributed by atoms with E-state index in [-0.39, 0.29) is 9.64 Å². The van der Waals surface area contributed by atoms with Gasteiger partial charge in [-0.15, -0.1) is 0 Å². The molecule has 6 heteroatoms. The van der Waals surface area contributed by atoms with Gasteiger partial charge in [0.1, 0.15) is 4.90 Å². The van der Waals surface area contributed by atoms with E-state index >= 15 is 0 Å². The summed E-state index contributed by atoms with van der Waals surface area (Å²) in [5.74, 6) is 0. The molecule has 0 aromatic heterocycles. The normalized spacial score (nSPS) is 18.0. The zero-order chi connectivity index (χ0) is 15.7. The number of nitrogens with one attached hydrogen (secondary N) is 1. The van der Waals surface area contributed by atoms with Crippen LogP contribution in [-0.2, 0) is 10.0 Å². The van der Waals surface area contributed by atoms with Gasteiger partial charge in [-0.2, -0.15) is 11.8 Å². The van der Waals surface area contributed by atoms with E-state index in [0.29, 0.717) is 12.2 Å². The molecule has 3 N–H and O–H groups in total. The van der Waals surface area contributed by atoms with E-state index in [4.69, 9.17) is 5.73 Å². The van der Waals surface area contributed by atoms with Crippen molar-refractivity contribution in [2.24, 2.45) is 0 Å². The predicted octanol–water partition coefficient (Wildman–Crippen LogP) is 2.84. The van der Waals surface area contributed by atoms with Crippen molar-refractivity contribution in [1.82, 2.24) is 4.72 Å². The smallest absolute Gasteiger partial charge is 0.242 e. The van der Waals surface area contributed by atoms with E-state index in [0.717, 1.165) is 24.0 Å². The van der Waals surface area contributed by atoms with Gasteiger partial charge < -0.3 is 5.73 Å². The number of anilines is 1. The Morgan fingerprint density at radius 3 is 2.48 bits per heavy atom. The highest BCUT2D eigenvalue weighted by Gasteiger charge is 2.34. The van der Waals surface area contributed by atoms with Crippen LogP contribution in [0.4, 0.5) is 5.69 Å². The molecule has 1 aliphatic rings. The first-order chi connectivity index (χ1) is 9.81. The zero-order valence-corrected chi connectivity index (χ0v) is 14.5. The minimum absolute atomic E-state index is 0.0412. The summed E-state index contributed by atoms with van der Waals surface area (Å²) in [6.45, 7) is 4.18. The second kappa shape index (κ2) is 6.18. The van der Waals surface area contributed by atoms with Crippen molar-refractivity contribution >= 4 is 27.5 Å². The standard InChI is InChI=1S/C15H24N2O2S2/c1-11-6-7-13(16)14(12(11)2)21(18,19)17-10-15(20-3)8-4-5-9-15/h6-7,17H,4-5,8-10,16H2,1-3H3.